The molecule has 0 aromatic heterocycles. The van der Waals surface area contributed by atoms with Crippen molar-refractivity contribution in [2.75, 3.05) is 0 Å². The minimum absolute atomic E-state index is 0.255. The summed E-state index contributed by atoms with van der Waals surface area (Å²) in [5.74, 6) is -2.81. The molecule has 8 heteroatoms. The molecule has 0 aliphatic carbocycles. The van der Waals surface area contributed by atoms with E-state index in [1.165, 1.54) is 0 Å². The molecule has 1 aromatic carbocycles. The molecule has 0 saturated heterocycles. The Morgan fingerprint density at radius 3 is 2.24 bits per heavy atom. The van der Waals surface area contributed by atoms with E-state index in [9.17, 15) is 32.5 Å². The van der Waals surface area contributed by atoms with Crippen LogP contribution in [0.4, 0.5) is 23.2 Å². The molecule has 1 rings (SSSR count). The first kappa shape index (κ1) is 13.1. The molecule has 0 saturated carbocycles. The lowest BCUT2D eigenvalue weighted by Gasteiger charge is -2.09. The van der Waals surface area contributed by atoms with Gasteiger partial charge in [0.15, 0.2) is 5.78 Å². The molecular weight excluding hydrogens is 246 g/mol. The average Bonchev–Trinajstić information content (AvgIpc) is 2.15. The third kappa shape index (κ3) is 2.58. The Morgan fingerprint density at radius 1 is 1.35 bits per heavy atom. The number of hydrogen-bond acceptors (Lipinski definition) is 3. The molecule has 0 fully saturated rings. The standard InChI is InChI=1S/C9H5F4NO3/c1-4(15)5-2-6(9(11,12)13)8(10)7(3-5)14(16)17/h2-3H,1H3. The summed E-state index contributed by atoms with van der Waals surface area (Å²) in [6.07, 6.45) is -5.10. The van der Waals surface area contributed by atoms with Crippen molar-refractivity contribution < 1.29 is 27.3 Å². The SMILES string of the molecule is CC(=O)c1cc([N+](=O)[O-])c(F)c(C(F)(F)F)c1. The summed E-state index contributed by atoms with van der Waals surface area (Å²) in [6.45, 7) is 0.928. The van der Waals surface area contributed by atoms with Crippen molar-refractivity contribution in [3.63, 3.8) is 0 Å². The van der Waals surface area contributed by atoms with E-state index in [-0.39, 0.29) is 6.07 Å². The zero-order chi connectivity index (χ0) is 13.4. The minimum atomic E-state index is -5.10. The number of benzene rings is 1. The van der Waals surface area contributed by atoms with Crippen LogP contribution in [-0.2, 0) is 6.18 Å². The van der Waals surface area contributed by atoms with E-state index < -0.39 is 39.5 Å². The van der Waals surface area contributed by atoms with Crippen LogP contribution in [0.1, 0.15) is 22.8 Å². The summed E-state index contributed by atoms with van der Waals surface area (Å²) in [7, 11) is 0. The largest absolute Gasteiger partial charge is 0.419 e. The number of hydrogen-bond donors (Lipinski definition) is 0. The van der Waals surface area contributed by atoms with Crippen molar-refractivity contribution in [1.29, 1.82) is 0 Å². The number of ketones is 1. The maximum atomic E-state index is 13.2. The Kier molecular flexibility index (Phi) is 3.16. The highest BCUT2D eigenvalue weighted by atomic mass is 19.4. The number of alkyl halides is 3. The number of carbonyl (C=O) groups excluding carboxylic acids is 1. The number of nitrogens with zero attached hydrogens (tertiary/aromatic N) is 1. The number of nitro benzene ring substituents is 1. The molecule has 0 radical (unpaired) electrons. The highest BCUT2D eigenvalue weighted by Crippen LogP contribution is 2.35. The topological polar surface area (TPSA) is 60.2 Å². The quantitative estimate of drug-likeness (QED) is 0.351. The molecule has 0 heterocycles. The van der Waals surface area contributed by atoms with Gasteiger partial charge in [0.05, 0.1) is 10.5 Å². The second kappa shape index (κ2) is 4.11. The Morgan fingerprint density at radius 2 is 1.88 bits per heavy atom. The molecule has 0 N–H and O–H groups in total. The molecule has 0 aliphatic rings. The molecule has 0 aliphatic heterocycles. The summed E-state index contributed by atoms with van der Waals surface area (Å²) < 4.78 is 50.3. The molecule has 0 bridgehead atoms. The Labute approximate surface area is 92.0 Å². The fraction of sp³-hybridized carbons (Fsp3) is 0.222. The van der Waals surface area contributed by atoms with Gasteiger partial charge < -0.3 is 0 Å². The zero-order valence-electron chi connectivity index (χ0n) is 8.34. The maximum absolute atomic E-state index is 13.2. The first-order valence-electron chi connectivity index (χ1n) is 4.20. The van der Waals surface area contributed by atoms with Crippen LogP contribution in [-0.4, -0.2) is 10.7 Å². The predicted molar refractivity (Wildman–Crippen MR) is 48.1 cm³/mol. The molecule has 0 amide bonds. The van der Waals surface area contributed by atoms with Gasteiger partial charge in [0, 0.05) is 11.6 Å². The highest BCUT2D eigenvalue weighted by molar-refractivity contribution is 5.95. The van der Waals surface area contributed by atoms with Crippen molar-refractivity contribution >= 4 is 11.5 Å². The Bertz CT molecular complexity index is 496. The summed E-state index contributed by atoms with van der Waals surface area (Å²) >= 11 is 0. The van der Waals surface area contributed by atoms with E-state index in [0.29, 0.717) is 6.07 Å². The Hall–Kier alpha value is -1.99. The highest BCUT2D eigenvalue weighted by Gasteiger charge is 2.38. The van der Waals surface area contributed by atoms with Crippen LogP contribution >= 0.6 is 0 Å². The average molecular weight is 251 g/mol. The van der Waals surface area contributed by atoms with Gasteiger partial charge in [0.1, 0.15) is 0 Å². The third-order valence-corrected chi connectivity index (χ3v) is 1.96. The van der Waals surface area contributed by atoms with Crippen LogP contribution in [0.25, 0.3) is 0 Å². The number of Topliss-reactive ketones (excluding diaryl/α,β-unsaturated/α-hetero) is 1. The first-order chi connectivity index (χ1) is 7.64. The fourth-order valence-electron chi connectivity index (χ4n) is 1.15. The smallest absolute Gasteiger partial charge is 0.295 e. The van der Waals surface area contributed by atoms with Gasteiger partial charge in [-0.2, -0.15) is 17.6 Å². The fourth-order valence-corrected chi connectivity index (χ4v) is 1.15. The minimum Gasteiger partial charge on any atom is -0.295 e. The first-order valence-corrected chi connectivity index (χ1v) is 4.20. The van der Waals surface area contributed by atoms with Crippen molar-refractivity contribution in [3.05, 3.63) is 39.2 Å². The van der Waals surface area contributed by atoms with Gasteiger partial charge in [0.25, 0.3) is 0 Å². The normalized spacial score (nSPS) is 11.4. The number of nitro groups is 1. The number of halogens is 4. The molecule has 0 unspecified atom stereocenters. The molecule has 0 spiro atoms. The number of carbonyl (C=O) groups is 1. The van der Waals surface area contributed by atoms with Gasteiger partial charge in [-0.1, -0.05) is 0 Å². The lowest BCUT2D eigenvalue weighted by atomic mass is 10.1. The molecule has 17 heavy (non-hydrogen) atoms. The second-order valence-electron chi connectivity index (χ2n) is 3.17. The zero-order valence-corrected chi connectivity index (χ0v) is 8.34. The summed E-state index contributed by atoms with van der Waals surface area (Å²) in [4.78, 5) is 20.0. The van der Waals surface area contributed by atoms with Gasteiger partial charge in [-0.25, -0.2) is 0 Å². The van der Waals surface area contributed by atoms with Gasteiger partial charge >= 0.3 is 11.9 Å². The van der Waals surface area contributed by atoms with E-state index in [0.717, 1.165) is 6.92 Å². The summed E-state index contributed by atoms with van der Waals surface area (Å²) in [5, 5.41) is 10.4. The van der Waals surface area contributed by atoms with Crippen LogP contribution in [0.15, 0.2) is 12.1 Å². The van der Waals surface area contributed by atoms with Crippen LogP contribution in [0.5, 0.6) is 0 Å². The third-order valence-electron chi connectivity index (χ3n) is 1.96. The van der Waals surface area contributed by atoms with E-state index >= 15 is 0 Å². The lowest BCUT2D eigenvalue weighted by molar-refractivity contribution is -0.387. The molecule has 1 aromatic rings. The van der Waals surface area contributed by atoms with Crippen LogP contribution in [0.3, 0.4) is 0 Å². The lowest BCUT2D eigenvalue weighted by Crippen LogP contribution is -2.12. The summed E-state index contributed by atoms with van der Waals surface area (Å²) in [5.41, 5.74) is -3.76. The van der Waals surface area contributed by atoms with Crippen LogP contribution in [0.2, 0.25) is 0 Å². The monoisotopic (exact) mass is 251 g/mol. The van der Waals surface area contributed by atoms with Crippen molar-refractivity contribution in [2.45, 2.75) is 13.1 Å². The molecular formula is C9H5F4NO3. The molecule has 0 atom stereocenters. The van der Waals surface area contributed by atoms with Gasteiger partial charge in [-0.3, -0.25) is 14.9 Å². The molecule has 4 nitrogen and oxygen atoms in total. The van der Waals surface area contributed by atoms with Gasteiger partial charge in [-0.05, 0) is 13.0 Å². The van der Waals surface area contributed by atoms with Crippen LogP contribution in [0, 0.1) is 15.9 Å². The van der Waals surface area contributed by atoms with E-state index in [1.807, 2.05) is 0 Å². The van der Waals surface area contributed by atoms with Gasteiger partial charge in [-0.15, -0.1) is 0 Å². The van der Waals surface area contributed by atoms with Crippen molar-refractivity contribution in [3.8, 4) is 0 Å². The predicted octanol–water partition coefficient (Wildman–Crippen LogP) is 2.96. The van der Waals surface area contributed by atoms with Crippen molar-refractivity contribution in [2.24, 2.45) is 0 Å². The van der Waals surface area contributed by atoms with E-state index in [4.69, 9.17) is 0 Å². The van der Waals surface area contributed by atoms with E-state index in [1.54, 1.807) is 0 Å². The number of rotatable bonds is 2. The second-order valence-corrected chi connectivity index (χ2v) is 3.17. The van der Waals surface area contributed by atoms with E-state index in [2.05, 4.69) is 0 Å². The Balaban J connectivity index is 3.60. The van der Waals surface area contributed by atoms with Crippen LogP contribution < -0.4 is 0 Å². The van der Waals surface area contributed by atoms with Crippen molar-refractivity contribution in [1.82, 2.24) is 0 Å². The summed E-state index contributed by atoms with van der Waals surface area (Å²) in [6, 6.07) is 0.734. The maximum Gasteiger partial charge on any atom is 0.419 e. The molecule has 92 valence electrons. The van der Waals surface area contributed by atoms with Gasteiger partial charge in [0.2, 0.25) is 5.82 Å².